The number of para-hydroxylation sites is 1. The van der Waals surface area contributed by atoms with E-state index in [4.69, 9.17) is 4.74 Å². The van der Waals surface area contributed by atoms with Crippen molar-refractivity contribution < 1.29 is 9.13 Å². The highest BCUT2D eigenvalue weighted by atomic mass is 19.1. The molecule has 22 heavy (non-hydrogen) atoms. The number of benzene rings is 1. The Balaban J connectivity index is 1.56. The Hall–Kier alpha value is -1.05. The van der Waals surface area contributed by atoms with Crippen molar-refractivity contribution >= 4 is 0 Å². The number of hydrogen-bond donors (Lipinski definition) is 0. The van der Waals surface area contributed by atoms with Crippen LogP contribution in [0.4, 0.5) is 4.39 Å². The van der Waals surface area contributed by atoms with E-state index in [0.29, 0.717) is 6.42 Å². The van der Waals surface area contributed by atoms with Gasteiger partial charge in [-0.1, -0.05) is 70.1 Å². The summed E-state index contributed by atoms with van der Waals surface area (Å²) in [6.07, 6.45) is 10.3. The van der Waals surface area contributed by atoms with Crippen LogP contribution < -0.4 is 4.74 Å². The van der Waals surface area contributed by atoms with Gasteiger partial charge in [0.25, 0.3) is 0 Å². The van der Waals surface area contributed by atoms with E-state index in [9.17, 15) is 4.39 Å². The van der Waals surface area contributed by atoms with Gasteiger partial charge in [0, 0.05) is 0 Å². The maximum Gasteiger partial charge on any atom is 0.134 e. The highest BCUT2D eigenvalue weighted by molar-refractivity contribution is 5.20. The molecule has 0 amide bonds. The predicted molar refractivity (Wildman–Crippen MR) is 91.0 cm³/mol. The molecule has 1 nitrogen and oxygen atoms in total. The van der Waals surface area contributed by atoms with Gasteiger partial charge < -0.3 is 4.74 Å². The Morgan fingerprint density at radius 3 is 2.32 bits per heavy atom. The van der Waals surface area contributed by atoms with Crippen molar-refractivity contribution in [3.8, 4) is 5.75 Å². The molecule has 2 rings (SSSR count). The fraction of sp³-hybridized carbons (Fsp3) is 0.700. The molecule has 0 radical (unpaired) electrons. The third kappa shape index (κ3) is 6.37. The number of halogens is 1. The van der Waals surface area contributed by atoms with Crippen molar-refractivity contribution in [2.75, 3.05) is 6.61 Å². The SMILES string of the molecule is CCCCC1CCC(CCC(F)COc2ccccc2)CC1. The largest absolute Gasteiger partial charge is 0.491 e. The second-order valence-electron chi connectivity index (χ2n) is 6.83. The molecule has 1 aromatic carbocycles. The summed E-state index contributed by atoms with van der Waals surface area (Å²) >= 11 is 0. The summed E-state index contributed by atoms with van der Waals surface area (Å²) in [6, 6.07) is 9.53. The molecule has 1 saturated carbocycles. The van der Waals surface area contributed by atoms with E-state index in [-0.39, 0.29) is 6.61 Å². The fourth-order valence-electron chi connectivity index (χ4n) is 3.50. The average Bonchev–Trinajstić information content (AvgIpc) is 2.58. The molecule has 1 unspecified atom stereocenters. The molecule has 1 fully saturated rings. The number of ether oxygens (including phenoxy) is 1. The van der Waals surface area contributed by atoms with E-state index in [2.05, 4.69) is 6.92 Å². The van der Waals surface area contributed by atoms with Gasteiger partial charge in [-0.3, -0.25) is 0 Å². The smallest absolute Gasteiger partial charge is 0.134 e. The topological polar surface area (TPSA) is 9.23 Å². The fourth-order valence-corrected chi connectivity index (χ4v) is 3.50. The Morgan fingerprint density at radius 2 is 1.68 bits per heavy atom. The monoisotopic (exact) mass is 306 g/mol. The van der Waals surface area contributed by atoms with Gasteiger partial charge in [-0.25, -0.2) is 4.39 Å². The van der Waals surface area contributed by atoms with Gasteiger partial charge in [-0.05, 0) is 36.8 Å². The van der Waals surface area contributed by atoms with Crippen LogP contribution in [0.25, 0.3) is 0 Å². The van der Waals surface area contributed by atoms with Gasteiger partial charge in [0.1, 0.15) is 18.5 Å². The van der Waals surface area contributed by atoms with Crippen molar-refractivity contribution in [3.63, 3.8) is 0 Å². The lowest BCUT2D eigenvalue weighted by Crippen LogP contribution is -2.18. The highest BCUT2D eigenvalue weighted by Gasteiger charge is 2.21. The summed E-state index contributed by atoms with van der Waals surface area (Å²) < 4.78 is 19.5. The lowest BCUT2D eigenvalue weighted by atomic mass is 9.78. The van der Waals surface area contributed by atoms with Crippen molar-refractivity contribution in [1.82, 2.24) is 0 Å². The van der Waals surface area contributed by atoms with Crippen molar-refractivity contribution in [2.45, 2.75) is 70.9 Å². The van der Waals surface area contributed by atoms with Gasteiger partial charge in [-0.15, -0.1) is 0 Å². The Kier molecular flexibility index (Phi) is 7.76. The number of hydrogen-bond acceptors (Lipinski definition) is 1. The summed E-state index contributed by atoms with van der Waals surface area (Å²) in [4.78, 5) is 0. The van der Waals surface area contributed by atoms with Crippen LogP contribution in [0.5, 0.6) is 5.75 Å². The van der Waals surface area contributed by atoms with E-state index in [0.717, 1.165) is 24.0 Å². The first-order valence-electron chi connectivity index (χ1n) is 9.09. The molecule has 124 valence electrons. The van der Waals surface area contributed by atoms with E-state index in [1.165, 1.54) is 44.9 Å². The first kappa shape index (κ1) is 17.3. The first-order valence-corrected chi connectivity index (χ1v) is 9.09. The molecule has 1 aromatic rings. The Morgan fingerprint density at radius 1 is 1.05 bits per heavy atom. The van der Waals surface area contributed by atoms with Crippen LogP contribution in [-0.4, -0.2) is 12.8 Å². The third-order valence-electron chi connectivity index (χ3n) is 4.99. The number of rotatable bonds is 9. The molecule has 0 saturated heterocycles. The molecule has 0 N–H and O–H groups in total. The van der Waals surface area contributed by atoms with Crippen LogP contribution in [-0.2, 0) is 0 Å². The lowest BCUT2D eigenvalue weighted by molar-refractivity contribution is 0.167. The average molecular weight is 306 g/mol. The Labute approximate surface area is 135 Å². The second-order valence-corrected chi connectivity index (χ2v) is 6.83. The van der Waals surface area contributed by atoms with Crippen LogP contribution >= 0.6 is 0 Å². The molecule has 1 atom stereocenters. The summed E-state index contributed by atoms with van der Waals surface area (Å²) in [5.41, 5.74) is 0. The normalized spacial score (nSPS) is 23.2. The standard InChI is InChI=1S/C20H31FO/c1-2-3-7-17-10-12-18(13-11-17)14-15-19(21)16-22-20-8-5-4-6-9-20/h4-6,8-9,17-19H,2-3,7,10-16H2,1H3. The minimum Gasteiger partial charge on any atom is -0.491 e. The molecule has 1 aliphatic rings. The van der Waals surface area contributed by atoms with Crippen molar-refractivity contribution in [3.05, 3.63) is 30.3 Å². The van der Waals surface area contributed by atoms with Crippen LogP contribution in [0.1, 0.15) is 64.7 Å². The third-order valence-corrected chi connectivity index (χ3v) is 4.99. The molecular weight excluding hydrogens is 275 g/mol. The van der Waals surface area contributed by atoms with Gasteiger partial charge in [0.2, 0.25) is 0 Å². The molecular formula is C20H31FO. The predicted octanol–water partition coefficient (Wildman–Crippen LogP) is 6.18. The summed E-state index contributed by atoms with van der Waals surface area (Å²) in [5.74, 6) is 2.45. The molecule has 0 aromatic heterocycles. The summed E-state index contributed by atoms with van der Waals surface area (Å²) in [5, 5.41) is 0. The summed E-state index contributed by atoms with van der Waals surface area (Å²) in [7, 11) is 0. The summed E-state index contributed by atoms with van der Waals surface area (Å²) in [6.45, 7) is 2.46. The molecule has 2 heteroatoms. The first-order chi connectivity index (χ1) is 10.8. The quantitative estimate of drug-likeness (QED) is 0.529. The van der Waals surface area contributed by atoms with E-state index in [1.54, 1.807) is 0 Å². The van der Waals surface area contributed by atoms with Gasteiger partial charge >= 0.3 is 0 Å². The molecule has 0 heterocycles. The molecule has 1 aliphatic carbocycles. The Bertz CT molecular complexity index is 384. The molecule has 0 spiro atoms. The van der Waals surface area contributed by atoms with Crippen LogP contribution in [0.2, 0.25) is 0 Å². The van der Waals surface area contributed by atoms with Crippen LogP contribution in [0, 0.1) is 11.8 Å². The van der Waals surface area contributed by atoms with Crippen molar-refractivity contribution in [2.24, 2.45) is 11.8 Å². The zero-order chi connectivity index (χ0) is 15.6. The van der Waals surface area contributed by atoms with Crippen LogP contribution in [0.15, 0.2) is 30.3 Å². The number of alkyl halides is 1. The second kappa shape index (κ2) is 9.86. The minimum atomic E-state index is -0.835. The zero-order valence-corrected chi connectivity index (χ0v) is 14.0. The van der Waals surface area contributed by atoms with Crippen LogP contribution in [0.3, 0.4) is 0 Å². The van der Waals surface area contributed by atoms with E-state index in [1.807, 2.05) is 30.3 Å². The van der Waals surface area contributed by atoms with Crippen molar-refractivity contribution in [1.29, 1.82) is 0 Å². The maximum absolute atomic E-state index is 14.0. The van der Waals surface area contributed by atoms with Gasteiger partial charge in [0.15, 0.2) is 0 Å². The van der Waals surface area contributed by atoms with E-state index >= 15 is 0 Å². The highest BCUT2D eigenvalue weighted by Crippen LogP contribution is 2.34. The number of unbranched alkanes of at least 4 members (excludes halogenated alkanes) is 1. The van der Waals surface area contributed by atoms with E-state index < -0.39 is 6.17 Å². The molecule has 0 bridgehead atoms. The zero-order valence-electron chi connectivity index (χ0n) is 14.0. The minimum absolute atomic E-state index is 0.190. The maximum atomic E-state index is 14.0. The lowest BCUT2D eigenvalue weighted by Gasteiger charge is -2.28. The molecule has 0 aliphatic heterocycles. The van der Waals surface area contributed by atoms with Gasteiger partial charge in [0.05, 0.1) is 0 Å². The van der Waals surface area contributed by atoms with Gasteiger partial charge in [-0.2, -0.15) is 0 Å².